The molecular formula is C15H13ClN2O4. The Kier molecular flexibility index (Phi) is 4.95. The maximum atomic E-state index is 11.9. The van der Waals surface area contributed by atoms with E-state index in [1.807, 2.05) is 0 Å². The molecule has 0 atom stereocenters. The van der Waals surface area contributed by atoms with Crippen molar-refractivity contribution in [2.75, 3.05) is 11.9 Å². The molecule has 2 aromatic carbocycles. The SMILES string of the molecule is Cc1ccc([N+](=O)[O-])cc1NC(=O)COc1ccc(Cl)cc1. The van der Waals surface area contributed by atoms with Gasteiger partial charge in [-0.25, -0.2) is 0 Å². The molecule has 0 fully saturated rings. The van der Waals surface area contributed by atoms with Crippen LogP contribution in [0.1, 0.15) is 5.56 Å². The van der Waals surface area contributed by atoms with Gasteiger partial charge in [-0.05, 0) is 36.8 Å². The number of hydrogen-bond donors (Lipinski definition) is 1. The molecule has 0 aliphatic carbocycles. The first-order valence-corrected chi connectivity index (χ1v) is 6.77. The molecule has 0 aliphatic heterocycles. The molecule has 0 radical (unpaired) electrons. The maximum Gasteiger partial charge on any atom is 0.271 e. The molecule has 1 amide bonds. The number of hydrogen-bond acceptors (Lipinski definition) is 4. The number of nitrogens with one attached hydrogen (secondary N) is 1. The number of carbonyl (C=O) groups is 1. The van der Waals surface area contributed by atoms with Gasteiger partial charge in [-0.2, -0.15) is 0 Å². The highest BCUT2D eigenvalue weighted by Crippen LogP contribution is 2.22. The summed E-state index contributed by atoms with van der Waals surface area (Å²) in [7, 11) is 0. The molecule has 7 heteroatoms. The molecule has 0 saturated carbocycles. The number of halogens is 1. The lowest BCUT2D eigenvalue weighted by molar-refractivity contribution is -0.384. The van der Waals surface area contributed by atoms with Crippen molar-refractivity contribution in [2.24, 2.45) is 0 Å². The van der Waals surface area contributed by atoms with Crippen LogP contribution in [0.3, 0.4) is 0 Å². The van der Waals surface area contributed by atoms with Crippen LogP contribution in [0.25, 0.3) is 0 Å². The van der Waals surface area contributed by atoms with E-state index in [4.69, 9.17) is 16.3 Å². The van der Waals surface area contributed by atoms with Crippen molar-refractivity contribution in [1.29, 1.82) is 0 Å². The molecule has 2 aromatic rings. The van der Waals surface area contributed by atoms with E-state index in [2.05, 4.69) is 5.32 Å². The average Bonchev–Trinajstić information content (AvgIpc) is 2.48. The summed E-state index contributed by atoms with van der Waals surface area (Å²) in [5.41, 5.74) is 1.03. The van der Waals surface area contributed by atoms with E-state index in [1.54, 1.807) is 37.3 Å². The van der Waals surface area contributed by atoms with E-state index >= 15 is 0 Å². The Bertz CT molecular complexity index is 701. The number of nitrogens with zero attached hydrogens (tertiary/aromatic N) is 1. The monoisotopic (exact) mass is 320 g/mol. The van der Waals surface area contributed by atoms with Crippen molar-refractivity contribution in [3.63, 3.8) is 0 Å². The van der Waals surface area contributed by atoms with Gasteiger partial charge in [0.2, 0.25) is 0 Å². The smallest absolute Gasteiger partial charge is 0.271 e. The molecule has 0 heterocycles. The van der Waals surface area contributed by atoms with Crippen LogP contribution in [0.2, 0.25) is 5.02 Å². The highest BCUT2D eigenvalue weighted by molar-refractivity contribution is 6.30. The second-order valence-corrected chi connectivity index (χ2v) is 4.98. The number of non-ortho nitro benzene ring substituents is 1. The number of carbonyl (C=O) groups excluding carboxylic acids is 1. The van der Waals surface area contributed by atoms with Crippen LogP contribution in [-0.2, 0) is 4.79 Å². The number of ether oxygens (including phenoxy) is 1. The zero-order chi connectivity index (χ0) is 16.1. The largest absolute Gasteiger partial charge is 0.484 e. The van der Waals surface area contributed by atoms with Crippen molar-refractivity contribution >= 4 is 28.9 Å². The average molecular weight is 321 g/mol. The Morgan fingerprint density at radius 1 is 1.27 bits per heavy atom. The summed E-state index contributed by atoms with van der Waals surface area (Å²) < 4.78 is 5.31. The standard InChI is InChI=1S/C15H13ClN2O4/c1-10-2-5-12(18(20)21)8-14(10)17-15(19)9-22-13-6-3-11(16)4-7-13/h2-8H,9H2,1H3,(H,17,19). The lowest BCUT2D eigenvalue weighted by atomic mass is 10.2. The Labute approximate surface area is 131 Å². The Hall–Kier alpha value is -2.60. The van der Waals surface area contributed by atoms with Crippen LogP contribution in [0.15, 0.2) is 42.5 Å². The number of aryl methyl sites for hydroxylation is 1. The molecule has 0 spiro atoms. The van der Waals surface area contributed by atoms with Crippen LogP contribution in [-0.4, -0.2) is 17.4 Å². The lowest BCUT2D eigenvalue weighted by Gasteiger charge is -2.09. The minimum atomic E-state index is -0.515. The first-order chi connectivity index (χ1) is 10.5. The Balaban J connectivity index is 1.98. The van der Waals surface area contributed by atoms with Gasteiger partial charge in [-0.1, -0.05) is 17.7 Å². The fourth-order valence-electron chi connectivity index (χ4n) is 1.72. The van der Waals surface area contributed by atoms with Gasteiger partial charge in [-0.15, -0.1) is 0 Å². The van der Waals surface area contributed by atoms with Crippen LogP contribution in [0.5, 0.6) is 5.75 Å². The van der Waals surface area contributed by atoms with E-state index in [9.17, 15) is 14.9 Å². The van der Waals surface area contributed by atoms with Gasteiger partial charge in [0.05, 0.1) is 10.6 Å². The third-order valence-corrected chi connectivity index (χ3v) is 3.14. The van der Waals surface area contributed by atoms with Crippen molar-refractivity contribution in [1.82, 2.24) is 0 Å². The normalized spacial score (nSPS) is 10.1. The van der Waals surface area contributed by atoms with Crippen LogP contribution >= 0.6 is 11.6 Å². The molecule has 0 saturated heterocycles. The summed E-state index contributed by atoms with van der Waals surface area (Å²) >= 11 is 5.75. The van der Waals surface area contributed by atoms with Gasteiger partial charge < -0.3 is 10.1 Å². The maximum absolute atomic E-state index is 11.9. The number of nitro benzene ring substituents is 1. The summed E-state index contributed by atoms with van der Waals surface area (Å²) in [6.45, 7) is 1.54. The Morgan fingerprint density at radius 2 is 1.95 bits per heavy atom. The minimum Gasteiger partial charge on any atom is -0.484 e. The third kappa shape index (κ3) is 4.20. The summed E-state index contributed by atoms with van der Waals surface area (Å²) in [6.07, 6.45) is 0. The zero-order valence-electron chi connectivity index (χ0n) is 11.7. The molecule has 22 heavy (non-hydrogen) atoms. The van der Waals surface area contributed by atoms with E-state index in [1.165, 1.54) is 12.1 Å². The predicted molar refractivity (Wildman–Crippen MR) is 83.4 cm³/mol. The zero-order valence-corrected chi connectivity index (χ0v) is 12.5. The van der Waals surface area contributed by atoms with Gasteiger partial charge in [0.1, 0.15) is 5.75 Å². The topological polar surface area (TPSA) is 81.5 Å². The van der Waals surface area contributed by atoms with Crippen LogP contribution < -0.4 is 10.1 Å². The fraction of sp³-hybridized carbons (Fsp3) is 0.133. The molecule has 2 rings (SSSR count). The second-order valence-electron chi connectivity index (χ2n) is 4.55. The molecule has 6 nitrogen and oxygen atoms in total. The summed E-state index contributed by atoms with van der Waals surface area (Å²) in [6, 6.07) is 10.9. The number of nitro groups is 1. The van der Waals surface area contributed by atoms with E-state index in [0.29, 0.717) is 16.5 Å². The molecule has 0 aliphatic rings. The van der Waals surface area contributed by atoms with Crippen molar-refractivity contribution < 1.29 is 14.5 Å². The van der Waals surface area contributed by atoms with Gasteiger partial charge >= 0.3 is 0 Å². The fourth-order valence-corrected chi connectivity index (χ4v) is 1.85. The van der Waals surface area contributed by atoms with Gasteiger partial charge in [0.15, 0.2) is 6.61 Å². The quantitative estimate of drug-likeness (QED) is 0.674. The van der Waals surface area contributed by atoms with Crippen LogP contribution in [0.4, 0.5) is 11.4 Å². The van der Waals surface area contributed by atoms with Crippen molar-refractivity contribution in [3.05, 3.63) is 63.2 Å². The van der Waals surface area contributed by atoms with Gasteiger partial charge in [0.25, 0.3) is 11.6 Å². The van der Waals surface area contributed by atoms with Gasteiger partial charge in [0, 0.05) is 17.2 Å². The van der Waals surface area contributed by atoms with E-state index < -0.39 is 10.8 Å². The second kappa shape index (κ2) is 6.91. The number of anilines is 1. The molecule has 0 bridgehead atoms. The minimum absolute atomic E-state index is 0.0838. The summed E-state index contributed by atoms with van der Waals surface area (Å²) in [5.74, 6) is 0.105. The van der Waals surface area contributed by atoms with Crippen LogP contribution in [0, 0.1) is 17.0 Å². The molecule has 0 aromatic heterocycles. The Morgan fingerprint density at radius 3 is 2.59 bits per heavy atom. The molecule has 1 N–H and O–H groups in total. The van der Waals surface area contributed by atoms with E-state index in [-0.39, 0.29) is 12.3 Å². The first-order valence-electron chi connectivity index (χ1n) is 6.39. The molecule has 0 unspecified atom stereocenters. The van der Waals surface area contributed by atoms with E-state index in [0.717, 1.165) is 5.56 Å². The number of rotatable bonds is 5. The third-order valence-electron chi connectivity index (χ3n) is 2.89. The van der Waals surface area contributed by atoms with Crippen molar-refractivity contribution in [2.45, 2.75) is 6.92 Å². The predicted octanol–water partition coefficient (Wildman–Crippen LogP) is 3.57. The molecular weight excluding hydrogens is 308 g/mol. The highest BCUT2D eigenvalue weighted by Gasteiger charge is 2.11. The highest BCUT2D eigenvalue weighted by atomic mass is 35.5. The lowest BCUT2D eigenvalue weighted by Crippen LogP contribution is -2.20. The molecule has 114 valence electrons. The summed E-state index contributed by atoms with van der Waals surface area (Å²) in [5, 5.41) is 13.9. The van der Waals surface area contributed by atoms with Crippen molar-refractivity contribution in [3.8, 4) is 5.75 Å². The number of benzene rings is 2. The summed E-state index contributed by atoms with van der Waals surface area (Å²) in [4.78, 5) is 22.1. The number of amides is 1. The van der Waals surface area contributed by atoms with Gasteiger partial charge in [-0.3, -0.25) is 14.9 Å². The first kappa shape index (κ1) is 15.8.